The number of ether oxygens (including phenoxy) is 1. The van der Waals surface area contributed by atoms with Crippen LogP contribution in [0.4, 0.5) is 4.39 Å². The maximum absolute atomic E-state index is 13.2. The van der Waals surface area contributed by atoms with Crippen LogP contribution in [0.25, 0.3) is 0 Å². The summed E-state index contributed by atoms with van der Waals surface area (Å²) in [6.07, 6.45) is 0. The molecule has 100 valence electrons. The summed E-state index contributed by atoms with van der Waals surface area (Å²) in [5, 5.41) is 3.09. The molecule has 0 aromatic heterocycles. The highest BCUT2D eigenvalue weighted by atomic mass is 79.9. The third kappa shape index (κ3) is 4.04. The van der Waals surface area contributed by atoms with Gasteiger partial charge in [-0.05, 0) is 42.9 Å². The Morgan fingerprint density at radius 1 is 1.21 bits per heavy atom. The van der Waals surface area contributed by atoms with E-state index in [0.717, 1.165) is 27.9 Å². The number of halogens is 2. The predicted octanol–water partition coefficient (Wildman–Crippen LogP) is 3.89. The molecule has 19 heavy (non-hydrogen) atoms. The second-order valence-corrected chi connectivity index (χ2v) is 5.06. The Balaban J connectivity index is 2.05. The van der Waals surface area contributed by atoms with Crippen molar-refractivity contribution >= 4 is 15.9 Å². The van der Waals surface area contributed by atoms with E-state index in [0.29, 0.717) is 6.61 Å². The van der Waals surface area contributed by atoms with Crippen molar-refractivity contribution in [1.29, 1.82) is 0 Å². The van der Waals surface area contributed by atoms with E-state index in [1.54, 1.807) is 6.07 Å². The van der Waals surface area contributed by atoms with E-state index in [2.05, 4.69) is 21.2 Å². The molecule has 0 aliphatic carbocycles. The molecule has 0 aliphatic heterocycles. The summed E-state index contributed by atoms with van der Waals surface area (Å²) in [6, 6.07) is 12.4. The van der Waals surface area contributed by atoms with Gasteiger partial charge in [0, 0.05) is 16.6 Å². The first-order valence-electron chi connectivity index (χ1n) is 5.99. The van der Waals surface area contributed by atoms with Crippen molar-refractivity contribution in [2.24, 2.45) is 0 Å². The van der Waals surface area contributed by atoms with Gasteiger partial charge in [0.05, 0.1) is 0 Å². The Kier molecular flexibility index (Phi) is 4.93. The molecule has 0 fully saturated rings. The Hall–Kier alpha value is -1.39. The SMILES string of the molecule is CNCc1cccc(OCc2cc(F)ccc2Br)c1. The highest BCUT2D eigenvalue weighted by molar-refractivity contribution is 9.10. The third-order valence-corrected chi connectivity index (χ3v) is 3.46. The van der Waals surface area contributed by atoms with Crippen LogP contribution in [0.1, 0.15) is 11.1 Å². The van der Waals surface area contributed by atoms with Gasteiger partial charge in [-0.25, -0.2) is 4.39 Å². The molecule has 4 heteroatoms. The van der Waals surface area contributed by atoms with Gasteiger partial charge in [0.2, 0.25) is 0 Å². The maximum Gasteiger partial charge on any atom is 0.123 e. The molecule has 2 nitrogen and oxygen atoms in total. The van der Waals surface area contributed by atoms with Crippen LogP contribution < -0.4 is 10.1 Å². The molecule has 0 atom stereocenters. The van der Waals surface area contributed by atoms with Crippen molar-refractivity contribution in [3.05, 3.63) is 63.9 Å². The minimum Gasteiger partial charge on any atom is -0.489 e. The summed E-state index contributed by atoms with van der Waals surface area (Å²) in [5.41, 5.74) is 1.94. The van der Waals surface area contributed by atoms with Crippen LogP contribution in [0.15, 0.2) is 46.9 Å². The molecule has 2 rings (SSSR count). The molecule has 0 heterocycles. The third-order valence-electron chi connectivity index (χ3n) is 2.68. The fourth-order valence-corrected chi connectivity index (χ4v) is 2.13. The average Bonchev–Trinajstić information content (AvgIpc) is 2.41. The van der Waals surface area contributed by atoms with Crippen LogP contribution >= 0.6 is 15.9 Å². The molecule has 0 radical (unpaired) electrons. The smallest absolute Gasteiger partial charge is 0.123 e. The van der Waals surface area contributed by atoms with Gasteiger partial charge in [0.1, 0.15) is 18.2 Å². The lowest BCUT2D eigenvalue weighted by atomic mass is 10.2. The molecular weight excluding hydrogens is 309 g/mol. The standard InChI is InChI=1S/C15H15BrFNO/c1-18-9-11-3-2-4-14(7-11)19-10-12-8-13(17)5-6-15(12)16/h2-8,18H,9-10H2,1H3. The first-order valence-corrected chi connectivity index (χ1v) is 6.78. The molecular formula is C15H15BrFNO. The van der Waals surface area contributed by atoms with Gasteiger partial charge in [-0.3, -0.25) is 0 Å². The maximum atomic E-state index is 13.2. The number of hydrogen-bond donors (Lipinski definition) is 1. The number of hydrogen-bond acceptors (Lipinski definition) is 2. The van der Waals surface area contributed by atoms with Gasteiger partial charge < -0.3 is 10.1 Å². The van der Waals surface area contributed by atoms with Crippen molar-refractivity contribution < 1.29 is 9.13 Å². The molecule has 2 aromatic carbocycles. The minimum atomic E-state index is -0.259. The lowest BCUT2D eigenvalue weighted by molar-refractivity contribution is 0.304. The Bertz CT molecular complexity index is 560. The van der Waals surface area contributed by atoms with E-state index < -0.39 is 0 Å². The zero-order valence-electron chi connectivity index (χ0n) is 10.6. The van der Waals surface area contributed by atoms with Crippen molar-refractivity contribution in [3.8, 4) is 5.75 Å². The van der Waals surface area contributed by atoms with Gasteiger partial charge in [0.25, 0.3) is 0 Å². The fourth-order valence-electron chi connectivity index (χ4n) is 1.76. The van der Waals surface area contributed by atoms with E-state index in [4.69, 9.17) is 4.74 Å². The molecule has 0 saturated carbocycles. The summed E-state index contributed by atoms with van der Waals surface area (Å²) in [4.78, 5) is 0. The van der Waals surface area contributed by atoms with Gasteiger partial charge in [0.15, 0.2) is 0 Å². The highest BCUT2D eigenvalue weighted by Crippen LogP contribution is 2.21. The fraction of sp³-hybridized carbons (Fsp3) is 0.200. The van der Waals surface area contributed by atoms with Crippen molar-refractivity contribution in [2.75, 3.05) is 7.05 Å². The molecule has 2 aromatic rings. The van der Waals surface area contributed by atoms with Crippen LogP contribution in [0.2, 0.25) is 0 Å². The minimum absolute atomic E-state index is 0.259. The van der Waals surface area contributed by atoms with Gasteiger partial charge >= 0.3 is 0 Å². The van der Waals surface area contributed by atoms with Crippen molar-refractivity contribution in [2.45, 2.75) is 13.2 Å². The van der Waals surface area contributed by atoms with E-state index in [-0.39, 0.29) is 5.82 Å². The number of benzene rings is 2. The first kappa shape index (κ1) is 14.0. The summed E-state index contributed by atoms with van der Waals surface area (Å²) in [7, 11) is 1.90. The number of rotatable bonds is 5. The van der Waals surface area contributed by atoms with Crippen LogP contribution in [0.3, 0.4) is 0 Å². The van der Waals surface area contributed by atoms with Crippen molar-refractivity contribution in [3.63, 3.8) is 0 Å². The summed E-state index contributed by atoms with van der Waals surface area (Å²) in [6.45, 7) is 1.13. The Morgan fingerprint density at radius 2 is 2.05 bits per heavy atom. The molecule has 0 amide bonds. The van der Waals surface area contributed by atoms with Crippen LogP contribution in [-0.4, -0.2) is 7.05 Å². The Labute approximate surface area is 120 Å². The lowest BCUT2D eigenvalue weighted by Crippen LogP contribution is -2.05. The topological polar surface area (TPSA) is 21.3 Å². The van der Waals surface area contributed by atoms with Gasteiger partial charge in [-0.15, -0.1) is 0 Å². The van der Waals surface area contributed by atoms with E-state index in [9.17, 15) is 4.39 Å². The average molecular weight is 324 g/mol. The largest absolute Gasteiger partial charge is 0.489 e. The molecule has 1 N–H and O–H groups in total. The summed E-state index contributed by atoms with van der Waals surface area (Å²) in [5.74, 6) is 0.523. The van der Waals surface area contributed by atoms with Gasteiger partial charge in [-0.1, -0.05) is 28.1 Å². The Morgan fingerprint density at radius 3 is 2.84 bits per heavy atom. The summed E-state index contributed by atoms with van der Waals surface area (Å²) >= 11 is 3.39. The summed E-state index contributed by atoms with van der Waals surface area (Å²) < 4.78 is 19.7. The van der Waals surface area contributed by atoms with E-state index >= 15 is 0 Å². The predicted molar refractivity (Wildman–Crippen MR) is 77.6 cm³/mol. The second-order valence-electron chi connectivity index (χ2n) is 4.20. The quantitative estimate of drug-likeness (QED) is 0.901. The van der Waals surface area contributed by atoms with Gasteiger partial charge in [-0.2, -0.15) is 0 Å². The molecule has 0 aliphatic rings. The highest BCUT2D eigenvalue weighted by Gasteiger charge is 2.03. The van der Waals surface area contributed by atoms with Crippen LogP contribution in [0, 0.1) is 5.82 Å². The lowest BCUT2D eigenvalue weighted by Gasteiger charge is -2.09. The molecule has 0 bridgehead atoms. The number of nitrogens with one attached hydrogen (secondary N) is 1. The zero-order chi connectivity index (χ0) is 13.7. The molecule has 0 unspecified atom stereocenters. The van der Waals surface area contributed by atoms with E-state index in [1.807, 2.05) is 31.3 Å². The first-order chi connectivity index (χ1) is 9.19. The van der Waals surface area contributed by atoms with Crippen LogP contribution in [0.5, 0.6) is 5.75 Å². The second kappa shape index (κ2) is 6.68. The van der Waals surface area contributed by atoms with E-state index in [1.165, 1.54) is 12.1 Å². The zero-order valence-corrected chi connectivity index (χ0v) is 12.2. The van der Waals surface area contributed by atoms with Crippen LogP contribution in [-0.2, 0) is 13.2 Å². The monoisotopic (exact) mass is 323 g/mol. The normalized spacial score (nSPS) is 10.5. The molecule has 0 saturated heterocycles. The van der Waals surface area contributed by atoms with Crippen molar-refractivity contribution in [1.82, 2.24) is 5.32 Å². The molecule has 0 spiro atoms.